The van der Waals surface area contributed by atoms with Crippen molar-refractivity contribution in [2.24, 2.45) is 0 Å². The van der Waals surface area contributed by atoms with E-state index in [1.54, 1.807) is 36.4 Å². The largest absolute Gasteiger partial charge is 0.476 e. The van der Waals surface area contributed by atoms with Gasteiger partial charge < -0.3 is 9.84 Å². The van der Waals surface area contributed by atoms with Crippen LogP contribution in [0.5, 0.6) is 11.5 Å². The fourth-order valence-electron chi connectivity index (χ4n) is 3.26. The maximum absolute atomic E-state index is 13.3. The van der Waals surface area contributed by atoms with Gasteiger partial charge in [0.05, 0.1) is 5.92 Å². The number of hydrogen-bond acceptors (Lipinski definition) is 5. The highest BCUT2D eigenvalue weighted by molar-refractivity contribution is 6.03. The lowest BCUT2D eigenvalue weighted by molar-refractivity contribution is -0.148. The molecule has 1 aromatic heterocycles. The van der Waals surface area contributed by atoms with Crippen LogP contribution in [0.4, 0.5) is 13.2 Å². The number of halogens is 3. The van der Waals surface area contributed by atoms with Gasteiger partial charge in [0.15, 0.2) is 17.3 Å². The van der Waals surface area contributed by atoms with Gasteiger partial charge in [0, 0.05) is 17.5 Å². The number of fused-ring (bicyclic) bond motifs is 1. The summed E-state index contributed by atoms with van der Waals surface area (Å²) in [6.45, 7) is 0. The second kappa shape index (κ2) is 7.25. The monoisotopic (exact) mass is 414 g/mol. The highest BCUT2D eigenvalue weighted by Crippen LogP contribution is 2.45. The maximum Gasteiger partial charge on any atom is 0.396 e. The van der Waals surface area contributed by atoms with Crippen LogP contribution in [0.15, 0.2) is 54.6 Å². The van der Waals surface area contributed by atoms with Crippen LogP contribution in [-0.2, 0) is 0 Å². The second-order valence-electron chi connectivity index (χ2n) is 6.62. The Morgan fingerprint density at radius 3 is 2.23 bits per heavy atom. The molecule has 0 bridgehead atoms. The van der Waals surface area contributed by atoms with Gasteiger partial charge >= 0.3 is 12.1 Å². The Bertz CT molecular complexity index is 1130. The highest BCUT2D eigenvalue weighted by atomic mass is 19.4. The van der Waals surface area contributed by atoms with Crippen LogP contribution in [0.3, 0.4) is 0 Å². The van der Waals surface area contributed by atoms with E-state index in [0.29, 0.717) is 17.1 Å². The molecule has 9 heteroatoms. The number of benzene rings is 2. The minimum Gasteiger partial charge on any atom is -0.476 e. The van der Waals surface area contributed by atoms with E-state index in [1.165, 1.54) is 12.1 Å². The zero-order valence-electron chi connectivity index (χ0n) is 15.2. The first kappa shape index (κ1) is 19.6. The second-order valence-corrected chi connectivity index (χ2v) is 6.62. The molecule has 0 spiro atoms. The van der Waals surface area contributed by atoms with Crippen molar-refractivity contribution in [1.29, 1.82) is 0 Å². The first-order valence-corrected chi connectivity index (χ1v) is 8.82. The molecule has 30 heavy (non-hydrogen) atoms. The number of hydrogen-bond donors (Lipinski definition) is 1. The predicted octanol–water partition coefficient (Wildman–Crippen LogP) is 4.87. The quantitative estimate of drug-likeness (QED) is 0.655. The molecule has 1 aliphatic carbocycles. The van der Waals surface area contributed by atoms with E-state index in [4.69, 9.17) is 4.74 Å². The summed E-state index contributed by atoms with van der Waals surface area (Å²) in [5.74, 6) is -3.78. The van der Waals surface area contributed by atoms with Gasteiger partial charge in [-0.1, -0.05) is 18.2 Å². The third kappa shape index (κ3) is 3.61. The Morgan fingerprint density at radius 1 is 1.00 bits per heavy atom. The van der Waals surface area contributed by atoms with Crippen LogP contribution in [0.25, 0.3) is 11.4 Å². The van der Waals surface area contributed by atoms with Crippen molar-refractivity contribution in [3.05, 3.63) is 71.5 Å². The van der Waals surface area contributed by atoms with Gasteiger partial charge in [0.1, 0.15) is 17.2 Å². The Kier molecular flexibility index (Phi) is 4.73. The molecule has 1 atom stereocenters. The Labute approximate surface area is 168 Å². The molecule has 1 aliphatic rings. The zero-order valence-corrected chi connectivity index (χ0v) is 15.2. The van der Waals surface area contributed by atoms with Crippen LogP contribution >= 0.6 is 0 Å². The van der Waals surface area contributed by atoms with Gasteiger partial charge in [-0.3, -0.25) is 4.79 Å². The molecule has 2 aromatic carbocycles. The van der Waals surface area contributed by atoms with E-state index in [9.17, 15) is 27.9 Å². The first-order valence-electron chi connectivity index (χ1n) is 8.82. The summed E-state index contributed by atoms with van der Waals surface area (Å²) in [5.41, 5.74) is -1.64. The van der Waals surface area contributed by atoms with Crippen LogP contribution in [0.1, 0.15) is 38.9 Å². The number of nitrogens with zero attached hydrogens (tertiary/aromatic N) is 2. The molecular formula is C21H13F3N2O4. The summed E-state index contributed by atoms with van der Waals surface area (Å²) >= 11 is 0. The maximum atomic E-state index is 13.3. The van der Waals surface area contributed by atoms with Gasteiger partial charge in [-0.05, 0) is 36.4 Å². The average molecular weight is 414 g/mol. The predicted molar refractivity (Wildman–Crippen MR) is 98.7 cm³/mol. The van der Waals surface area contributed by atoms with Gasteiger partial charge in [-0.2, -0.15) is 13.2 Å². The van der Waals surface area contributed by atoms with Gasteiger partial charge in [-0.15, -0.1) is 0 Å². The molecule has 0 aliphatic heterocycles. The normalized spacial score (nSPS) is 15.7. The molecule has 1 heterocycles. The molecule has 152 valence electrons. The smallest absolute Gasteiger partial charge is 0.396 e. The highest BCUT2D eigenvalue weighted by Gasteiger charge is 2.50. The fraction of sp³-hybridized carbons (Fsp3) is 0.143. The van der Waals surface area contributed by atoms with Crippen molar-refractivity contribution >= 4 is 11.8 Å². The van der Waals surface area contributed by atoms with Crippen LogP contribution in [0, 0.1) is 0 Å². The van der Waals surface area contributed by atoms with E-state index in [0.717, 1.165) is 0 Å². The Morgan fingerprint density at radius 2 is 1.63 bits per heavy atom. The molecular weight excluding hydrogens is 401 g/mol. The van der Waals surface area contributed by atoms with Crippen molar-refractivity contribution in [3.8, 4) is 22.9 Å². The number of aromatic carboxylic acids is 1. The number of aromatic nitrogens is 2. The van der Waals surface area contributed by atoms with Crippen LogP contribution in [-0.4, -0.2) is 33.0 Å². The summed E-state index contributed by atoms with van der Waals surface area (Å²) in [5, 5.41) is 9.41. The third-order valence-corrected chi connectivity index (χ3v) is 4.64. The molecule has 0 radical (unpaired) electrons. The van der Waals surface area contributed by atoms with Crippen LogP contribution in [0.2, 0.25) is 0 Å². The summed E-state index contributed by atoms with van der Waals surface area (Å²) in [7, 11) is 0. The van der Waals surface area contributed by atoms with E-state index in [-0.39, 0.29) is 5.82 Å². The Balaban J connectivity index is 1.72. The van der Waals surface area contributed by atoms with Crippen molar-refractivity contribution < 1.29 is 32.6 Å². The molecule has 6 nitrogen and oxygen atoms in total. The number of rotatable bonds is 4. The lowest BCUT2D eigenvalue weighted by Crippen LogP contribution is -2.22. The Hall–Kier alpha value is -3.75. The summed E-state index contributed by atoms with van der Waals surface area (Å²) in [6, 6.07) is 15.2. The van der Waals surface area contributed by atoms with Gasteiger partial charge in [-0.25, -0.2) is 14.8 Å². The van der Waals surface area contributed by atoms with E-state index in [1.807, 2.05) is 6.07 Å². The summed E-state index contributed by atoms with van der Waals surface area (Å²) < 4.78 is 45.5. The number of carbonyl (C=O) groups excluding carboxylic acids is 1. The molecule has 1 unspecified atom stereocenters. The average Bonchev–Trinajstić information content (AvgIpc) is 3.06. The zero-order chi connectivity index (χ0) is 21.5. The van der Waals surface area contributed by atoms with Crippen molar-refractivity contribution in [2.45, 2.75) is 18.5 Å². The standard InChI is InChI=1S/C21H13F3N2O4/c22-21(23,24)14-10-15(27)17-16(14)18(20(28)29)26-19(25-17)11-6-8-13(9-7-11)30-12-4-2-1-3-5-12/h1-9,14H,10H2,(H,28,29). The van der Waals surface area contributed by atoms with Crippen LogP contribution < -0.4 is 4.74 Å². The number of carboxylic acid groups (broad SMARTS) is 1. The third-order valence-electron chi connectivity index (χ3n) is 4.64. The molecule has 3 aromatic rings. The topological polar surface area (TPSA) is 89.4 Å². The first-order chi connectivity index (χ1) is 14.2. The van der Waals surface area contributed by atoms with Gasteiger partial charge in [0.2, 0.25) is 0 Å². The molecule has 1 N–H and O–H groups in total. The number of carbonyl (C=O) groups is 2. The number of alkyl halides is 3. The van der Waals surface area contributed by atoms with Crippen molar-refractivity contribution in [1.82, 2.24) is 9.97 Å². The van der Waals surface area contributed by atoms with Crippen molar-refractivity contribution in [2.75, 3.05) is 0 Å². The van der Waals surface area contributed by atoms with Crippen molar-refractivity contribution in [3.63, 3.8) is 0 Å². The number of para-hydroxylation sites is 1. The lowest BCUT2D eigenvalue weighted by Gasteiger charge is -2.16. The number of ketones is 1. The molecule has 0 saturated carbocycles. The molecule has 0 saturated heterocycles. The molecule has 4 rings (SSSR count). The van der Waals surface area contributed by atoms with E-state index < -0.39 is 47.2 Å². The van der Waals surface area contributed by atoms with E-state index in [2.05, 4.69) is 9.97 Å². The summed E-state index contributed by atoms with van der Waals surface area (Å²) in [4.78, 5) is 31.5. The number of ether oxygens (including phenoxy) is 1. The number of Topliss-reactive ketones (excluding diaryl/α,β-unsaturated/α-hetero) is 1. The minimum absolute atomic E-state index is 0.145. The fourth-order valence-corrected chi connectivity index (χ4v) is 3.26. The molecule has 0 fully saturated rings. The minimum atomic E-state index is -4.77. The summed E-state index contributed by atoms with van der Waals surface area (Å²) in [6.07, 6.45) is -5.65. The van der Waals surface area contributed by atoms with Gasteiger partial charge in [0.25, 0.3) is 0 Å². The lowest BCUT2D eigenvalue weighted by atomic mass is 10.00. The van der Waals surface area contributed by atoms with E-state index >= 15 is 0 Å². The molecule has 0 amide bonds. The number of carboxylic acids is 1. The SMILES string of the molecule is O=C(O)c1nc(-c2ccc(Oc3ccccc3)cc2)nc2c1C(C(F)(F)F)CC2=O.